The van der Waals surface area contributed by atoms with E-state index in [0.717, 1.165) is 54.9 Å². The molecule has 1 amide bonds. The second kappa shape index (κ2) is 9.74. The van der Waals surface area contributed by atoms with Crippen LogP contribution in [0, 0.1) is 0 Å². The van der Waals surface area contributed by atoms with E-state index in [1.54, 1.807) is 0 Å². The Bertz CT molecular complexity index is 963. The highest BCUT2D eigenvalue weighted by Crippen LogP contribution is 2.23. The predicted molar refractivity (Wildman–Crippen MR) is 122 cm³/mol. The average molecular weight is 404 g/mol. The van der Waals surface area contributed by atoms with E-state index in [0.29, 0.717) is 6.61 Å². The van der Waals surface area contributed by atoms with Crippen LogP contribution in [0.15, 0.2) is 72.8 Å². The van der Waals surface area contributed by atoms with E-state index in [1.807, 2.05) is 67.6 Å². The molecular weight excluding hydrogens is 374 g/mol. The zero-order chi connectivity index (χ0) is 20.8. The third-order valence-electron chi connectivity index (χ3n) is 5.80. The van der Waals surface area contributed by atoms with E-state index in [9.17, 15) is 4.79 Å². The quantitative estimate of drug-likeness (QED) is 0.651. The lowest BCUT2D eigenvalue weighted by molar-refractivity contribution is -0.121. The maximum atomic E-state index is 12.9. The summed E-state index contributed by atoms with van der Waals surface area (Å²) < 4.78 is 5.80. The molecule has 1 fully saturated rings. The molecule has 3 aromatic carbocycles. The van der Waals surface area contributed by atoms with Gasteiger partial charge in [-0.15, -0.1) is 0 Å². The molecule has 3 aromatic rings. The van der Waals surface area contributed by atoms with Crippen LogP contribution in [-0.4, -0.2) is 61.1 Å². The van der Waals surface area contributed by atoms with Gasteiger partial charge in [-0.25, -0.2) is 0 Å². The van der Waals surface area contributed by atoms with Crippen LogP contribution in [0.3, 0.4) is 0 Å². The summed E-state index contributed by atoms with van der Waals surface area (Å²) in [5, 5.41) is 5.34. The van der Waals surface area contributed by atoms with Crippen molar-refractivity contribution >= 4 is 22.4 Å². The molecule has 0 saturated carbocycles. The maximum Gasteiger partial charge on any atom is 0.241 e. The molecule has 0 spiro atoms. The number of benzene rings is 3. The molecule has 1 aliphatic rings. The Hall–Kier alpha value is -2.89. The third kappa shape index (κ3) is 4.99. The lowest BCUT2D eigenvalue weighted by Gasteiger charge is -2.37. The van der Waals surface area contributed by atoms with Crippen LogP contribution in [-0.2, 0) is 4.79 Å². The van der Waals surface area contributed by atoms with Crippen LogP contribution in [0.1, 0.15) is 6.92 Å². The lowest BCUT2D eigenvalue weighted by Crippen LogP contribution is -2.53. The van der Waals surface area contributed by atoms with Crippen molar-refractivity contribution in [2.75, 3.05) is 44.6 Å². The predicted octanol–water partition coefficient (Wildman–Crippen LogP) is 3.86. The summed E-state index contributed by atoms with van der Waals surface area (Å²) in [6, 6.07) is 23.9. The zero-order valence-corrected chi connectivity index (χ0v) is 17.5. The second-order valence-corrected chi connectivity index (χ2v) is 7.73. The number of para-hydroxylation sites is 1. The van der Waals surface area contributed by atoms with E-state index in [1.165, 1.54) is 0 Å². The molecule has 1 heterocycles. The molecule has 0 aromatic heterocycles. The number of piperazine rings is 1. The van der Waals surface area contributed by atoms with Crippen molar-refractivity contribution in [3.8, 4) is 5.75 Å². The Balaban J connectivity index is 1.25. The average Bonchev–Trinajstić information content (AvgIpc) is 2.80. The lowest BCUT2D eigenvalue weighted by atomic mass is 10.1. The minimum absolute atomic E-state index is 0.0483. The Kier molecular flexibility index (Phi) is 6.62. The summed E-state index contributed by atoms with van der Waals surface area (Å²) >= 11 is 0. The molecular formula is C25H29N3O2. The Morgan fingerprint density at radius 1 is 0.933 bits per heavy atom. The molecule has 5 nitrogen and oxygen atoms in total. The number of hydrogen-bond acceptors (Lipinski definition) is 4. The van der Waals surface area contributed by atoms with Gasteiger partial charge >= 0.3 is 0 Å². The van der Waals surface area contributed by atoms with Gasteiger partial charge in [-0.1, -0.05) is 54.6 Å². The number of amides is 1. The molecule has 156 valence electrons. The molecule has 30 heavy (non-hydrogen) atoms. The van der Waals surface area contributed by atoms with Crippen molar-refractivity contribution in [3.05, 3.63) is 72.8 Å². The first-order chi connectivity index (χ1) is 14.7. The van der Waals surface area contributed by atoms with Crippen molar-refractivity contribution in [3.63, 3.8) is 0 Å². The van der Waals surface area contributed by atoms with Gasteiger partial charge in [0.25, 0.3) is 0 Å². The van der Waals surface area contributed by atoms with Gasteiger partial charge in [0.05, 0.1) is 6.04 Å². The van der Waals surface area contributed by atoms with Crippen LogP contribution in [0.2, 0.25) is 0 Å². The Morgan fingerprint density at radius 2 is 1.63 bits per heavy atom. The number of carbonyl (C=O) groups is 1. The monoisotopic (exact) mass is 403 g/mol. The Morgan fingerprint density at radius 3 is 2.43 bits per heavy atom. The van der Waals surface area contributed by atoms with E-state index in [-0.39, 0.29) is 11.9 Å². The number of ether oxygens (including phenoxy) is 1. The van der Waals surface area contributed by atoms with Gasteiger partial charge < -0.3 is 10.1 Å². The van der Waals surface area contributed by atoms with Gasteiger partial charge in [-0.3, -0.25) is 14.6 Å². The van der Waals surface area contributed by atoms with Crippen LogP contribution in [0.5, 0.6) is 5.75 Å². The maximum absolute atomic E-state index is 12.9. The highest BCUT2D eigenvalue weighted by Gasteiger charge is 2.25. The van der Waals surface area contributed by atoms with E-state index < -0.39 is 0 Å². The van der Waals surface area contributed by atoms with Crippen LogP contribution in [0.4, 0.5) is 5.69 Å². The van der Waals surface area contributed by atoms with E-state index in [2.05, 4.69) is 27.2 Å². The highest BCUT2D eigenvalue weighted by molar-refractivity contribution is 6.03. The van der Waals surface area contributed by atoms with E-state index in [4.69, 9.17) is 4.74 Å². The number of nitrogens with zero attached hydrogens (tertiary/aromatic N) is 2. The minimum atomic E-state index is -0.160. The fraction of sp³-hybridized carbons (Fsp3) is 0.320. The van der Waals surface area contributed by atoms with Crippen molar-refractivity contribution in [1.29, 1.82) is 0 Å². The van der Waals surface area contributed by atoms with Gasteiger partial charge in [0, 0.05) is 43.8 Å². The first-order valence-corrected chi connectivity index (χ1v) is 10.6. The van der Waals surface area contributed by atoms with Gasteiger partial charge in [0.2, 0.25) is 5.91 Å². The minimum Gasteiger partial charge on any atom is -0.492 e. The van der Waals surface area contributed by atoms with Crippen LogP contribution in [0.25, 0.3) is 10.8 Å². The second-order valence-electron chi connectivity index (χ2n) is 7.73. The SMILES string of the molecule is C[C@@H](C(=O)Nc1cccc2ccccc12)N1CCN(CCOc2ccccc2)CC1. The van der Waals surface area contributed by atoms with Gasteiger partial charge in [0.15, 0.2) is 0 Å². The topological polar surface area (TPSA) is 44.8 Å². The largest absolute Gasteiger partial charge is 0.492 e. The molecule has 0 aliphatic carbocycles. The summed E-state index contributed by atoms with van der Waals surface area (Å²) in [7, 11) is 0. The first kappa shape index (κ1) is 20.4. The molecule has 1 saturated heterocycles. The fourth-order valence-electron chi connectivity index (χ4n) is 3.92. The van der Waals surface area contributed by atoms with Gasteiger partial charge in [0.1, 0.15) is 12.4 Å². The first-order valence-electron chi connectivity index (χ1n) is 10.6. The summed E-state index contributed by atoms with van der Waals surface area (Å²) in [5.74, 6) is 0.960. The molecule has 1 atom stereocenters. The number of fused-ring (bicyclic) bond motifs is 1. The van der Waals surface area contributed by atoms with Crippen molar-refractivity contribution in [2.24, 2.45) is 0 Å². The number of nitrogens with one attached hydrogen (secondary N) is 1. The Labute approximate surface area is 178 Å². The standard InChI is InChI=1S/C25H29N3O2/c1-20(25(29)26-24-13-7-9-21-8-5-6-12-23(21)24)28-16-14-27(15-17-28)18-19-30-22-10-3-2-4-11-22/h2-13,20H,14-19H2,1H3,(H,26,29)/t20-/m0/s1. The molecule has 1 aliphatic heterocycles. The smallest absolute Gasteiger partial charge is 0.241 e. The molecule has 0 bridgehead atoms. The fourth-order valence-corrected chi connectivity index (χ4v) is 3.92. The summed E-state index contributed by atoms with van der Waals surface area (Å²) in [5.41, 5.74) is 0.877. The molecule has 5 heteroatoms. The van der Waals surface area contributed by atoms with Crippen molar-refractivity contribution in [2.45, 2.75) is 13.0 Å². The summed E-state index contributed by atoms with van der Waals surface area (Å²) in [6.07, 6.45) is 0. The molecule has 0 unspecified atom stereocenters. The highest BCUT2D eigenvalue weighted by atomic mass is 16.5. The number of rotatable bonds is 7. The van der Waals surface area contributed by atoms with Crippen LogP contribution < -0.4 is 10.1 Å². The van der Waals surface area contributed by atoms with Crippen LogP contribution >= 0.6 is 0 Å². The summed E-state index contributed by atoms with van der Waals surface area (Å²) in [4.78, 5) is 17.5. The number of anilines is 1. The third-order valence-corrected chi connectivity index (χ3v) is 5.80. The van der Waals surface area contributed by atoms with Gasteiger partial charge in [-0.05, 0) is 30.5 Å². The van der Waals surface area contributed by atoms with E-state index >= 15 is 0 Å². The number of hydrogen-bond donors (Lipinski definition) is 1. The van der Waals surface area contributed by atoms with Crippen molar-refractivity contribution < 1.29 is 9.53 Å². The van der Waals surface area contributed by atoms with Gasteiger partial charge in [-0.2, -0.15) is 0 Å². The normalized spacial score (nSPS) is 16.3. The molecule has 0 radical (unpaired) electrons. The molecule has 1 N–H and O–H groups in total. The molecule has 4 rings (SSSR count). The zero-order valence-electron chi connectivity index (χ0n) is 17.5. The summed E-state index contributed by atoms with van der Waals surface area (Å²) in [6.45, 7) is 7.24. The number of carbonyl (C=O) groups excluding carboxylic acids is 1. The van der Waals surface area contributed by atoms with Crippen molar-refractivity contribution in [1.82, 2.24) is 9.80 Å².